The van der Waals surface area contributed by atoms with Crippen molar-refractivity contribution in [3.05, 3.63) is 29.8 Å². The Labute approximate surface area is 119 Å². The first-order valence-corrected chi connectivity index (χ1v) is 8.62. The van der Waals surface area contributed by atoms with Crippen LogP contribution in [0.2, 0.25) is 0 Å². The number of benzene rings is 1. The Balaban J connectivity index is 1.84. The molecule has 20 heavy (non-hydrogen) atoms. The molecule has 1 aliphatic heterocycles. The lowest BCUT2D eigenvalue weighted by Crippen LogP contribution is -2.27. The van der Waals surface area contributed by atoms with Gasteiger partial charge < -0.3 is 15.2 Å². The fourth-order valence-corrected chi connectivity index (χ4v) is 2.85. The van der Waals surface area contributed by atoms with Gasteiger partial charge in [0, 0.05) is 26.0 Å². The van der Waals surface area contributed by atoms with Crippen molar-refractivity contribution < 1.29 is 18.3 Å². The fourth-order valence-electron chi connectivity index (χ4n) is 2.22. The zero-order valence-corrected chi connectivity index (χ0v) is 12.4. The molecule has 1 aromatic rings. The molecule has 2 N–H and O–H groups in total. The van der Waals surface area contributed by atoms with Gasteiger partial charge in [-0.05, 0) is 30.0 Å². The van der Waals surface area contributed by atoms with Crippen molar-refractivity contribution in [3.8, 4) is 0 Å². The van der Waals surface area contributed by atoms with Crippen LogP contribution in [-0.4, -0.2) is 46.1 Å². The van der Waals surface area contributed by atoms with Crippen molar-refractivity contribution in [3.63, 3.8) is 0 Å². The monoisotopic (exact) mass is 299 g/mol. The predicted molar refractivity (Wildman–Crippen MR) is 76.3 cm³/mol. The molecule has 0 amide bonds. The van der Waals surface area contributed by atoms with Gasteiger partial charge in [-0.3, -0.25) is 0 Å². The summed E-state index contributed by atoms with van der Waals surface area (Å²) >= 11 is 0. The molecule has 112 valence electrons. The van der Waals surface area contributed by atoms with Crippen molar-refractivity contribution in [2.45, 2.75) is 17.4 Å². The maximum absolute atomic E-state index is 11.3. The van der Waals surface area contributed by atoms with Gasteiger partial charge in [-0.2, -0.15) is 0 Å². The average Bonchev–Trinajstić information content (AvgIpc) is 2.91. The summed E-state index contributed by atoms with van der Waals surface area (Å²) in [5.41, 5.74) is 0.715. The molecule has 1 fully saturated rings. The van der Waals surface area contributed by atoms with Crippen LogP contribution in [0, 0.1) is 5.92 Å². The first-order valence-electron chi connectivity index (χ1n) is 6.73. The lowest BCUT2D eigenvalue weighted by atomic mass is 10.1. The van der Waals surface area contributed by atoms with Gasteiger partial charge in [0.2, 0.25) is 0 Å². The molecule has 0 bridgehead atoms. The van der Waals surface area contributed by atoms with Gasteiger partial charge in [0.1, 0.15) is 0 Å². The summed E-state index contributed by atoms with van der Waals surface area (Å²) in [5.74, 6) is 0.523. The molecular weight excluding hydrogens is 278 g/mol. The molecule has 2 atom stereocenters. The van der Waals surface area contributed by atoms with Crippen LogP contribution in [0.15, 0.2) is 29.2 Å². The van der Waals surface area contributed by atoms with Crippen LogP contribution in [0.5, 0.6) is 0 Å². The molecule has 1 saturated heterocycles. The smallest absolute Gasteiger partial charge is 0.175 e. The summed E-state index contributed by atoms with van der Waals surface area (Å²) in [6.45, 7) is 2.89. The van der Waals surface area contributed by atoms with E-state index in [-0.39, 0.29) is 4.90 Å². The van der Waals surface area contributed by atoms with E-state index in [1.165, 1.54) is 18.4 Å². The number of nitrogens with one attached hydrogen (secondary N) is 1. The number of ether oxygens (including phenoxy) is 1. The lowest BCUT2D eigenvalue weighted by Gasteiger charge is -2.14. The highest BCUT2D eigenvalue weighted by molar-refractivity contribution is 7.90. The summed E-state index contributed by atoms with van der Waals surface area (Å²) < 4.78 is 28.0. The number of rotatable bonds is 6. The second kappa shape index (κ2) is 6.67. The van der Waals surface area contributed by atoms with Gasteiger partial charge >= 0.3 is 0 Å². The number of sulfone groups is 1. The van der Waals surface area contributed by atoms with Gasteiger partial charge in [0.05, 0.1) is 17.6 Å². The second-order valence-corrected chi connectivity index (χ2v) is 7.26. The van der Waals surface area contributed by atoms with E-state index in [9.17, 15) is 13.5 Å². The first-order chi connectivity index (χ1) is 9.47. The highest BCUT2D eigenvalue weighted by atomic mass is 32.2. The maximum atomic E-state index is 11.3. The summed E-state index contributed by atoms with van der Waals surface area (Å²) in [6.07, 6.45) is 1.60. The first kappa shape index (κ1) is 15.4. The zero-order chi connectivity index (χ0) is 14.6. The van der Waals surface area contributed by atoms with E-state index in [0.717, 1.165) is 26.2 Å². The van der Waals surface area contributed by atoms with Crippen molar-refractivity contribution in [1.29, 1.82) is 0 Å². The number of hydrogen-bond acceptors (Lipinski definition) is 5. The quantitative estimate of drug-likeness (QED) is 0.811. The Morgan fingerprint density at radius 1 is 1.40 bits per heavy atom. The molecule has 0 aromatic heterocycles. The Bertz CT molecular complexity index is 521. The second-order valence-electron chi connectivity index (χ2n) is 5.24. The lowest BCUT2D eigenvalue weighted by molar-refractivity contribution is 0.166. The summed E-state index contributed by atoms with van der Waals surface area (Å²) in [4.78, 5) is 0.268. The van der Waals surface area contributed by atoms with Crippen LogP contribution in [0.3, 0.4) is 0 Å². The highest BCUT2D eigenvalue weighted by Crippen LogP contribution is 2.16. The number of aliphatic hydroxyl groups is 1. The molecule has 1 aliphatic rings. The summed E-state index contributed by atoms with van der Waals surface area (Å²) in [7, 11) is -3.18. The van der Waals surface area contributed by atoms with Crippen molar-refractivity contribution >= 4 is 9.84 Å². The molecule has 5 nitrogen and oxygen atoms in total. The van der Waals surface area contributed by atoms with E-state index < -0.39 is 15.9 Å². The Hall–Kier alpha value is -0.950. The van der Waals surface area contributed by atoms with Gasteiger partial charge in [0.15, 0.2) is 9.84 Å². The zero-order valence-electron chi connectivity index (χ0n) is 11.6. The van der Waals surface area contributed by atoms with Crippen LogP contribution in [-0.2, 0) is 14.6 Å². The molecule has 0 radical (unpaired) electrons. The molecule has 2 unspecified atom stereocenters. The largest absolute Gasteiger partial charge is 0.387 e. The van der Waals surface area contributed by atoms with Crippen LogP contribution in [0.4, 0.5) is 0 Å². The molecule has 2 rings (SSSR count). The Kier molecular flexibility index (Phi) is 5.15. The van der Waals surface area contributed by atoms with E-state index in [4.69, 9.17) is 4.74 Å². The van der Waals surface area contributed by atoms with Gasteiger partial charge in [-0.15, -0.1) is 0 Å². The minimum atomic E-state index is -3.18. The van der Waals surface area contributed by atoms with Crippen LogP contribution in [0.25, 0.3) is 0 Å². The Morgan fingerprint density at radius 2 is 2.10 bits per heavy atom. The maximum Gasteiger partial charge on any atom is 0.175 e. The molecular formula is C14H21NO4S. The molecule has 1 aromatic carbocycles. The minimum absolute atomic E-state index is 0.268. The normalized spacial score (nSPS) is 21.0. The van der Waals surface area contributed by atoms with Crippen molar-refractivity contribution in [2.24, 2.45) is 5.92 Å². The fraction of sp³-hybridized carbons (Fsp3) is 0.571. The third-order valence-electron chi connectivity index (χ3n) is 3.49. The van der Waals surface area contributed by atoms with Gasteiger partial charge in [-0.1, -0.05) is 12.1 Å². The molecule has 1 heterocycles. The SMILES string of the molecule is CS(=O)(=O)c1ccc(C(O)CNCC2CCOC2)cc1. The van der Waals surface area contributed by atoms with E-state index in [0.29, 0.717) is 18.0 Å². The average molecular weight is 299 g/mol. The van der Waals surface area contributed by atoms with Crippen molar-refractivity contribution in [2.75, 3.05) is 32.6 Å². The molecule has 0 saturated carbocycles. The van der Waals surface area contributed by atoms with Crippen LogP contribution < -0.4 is 5.32 Å². The highest BCUT2D eigenvalue weighted by Gasteiger charge is 2.16. The number of aliphatic hydroxyl groups excluding tert-OH is 1. The third-order valence-corrected chi connectivity index (χ3v) is 4.62. The molecule has 0 spiro atoms. The predicted octanol–water partition coefficient (Wildman–Crippen LogP) is 0.750. The van der Waals surface area contributed by atoms with Crippen LogP contribution in [0.1, 0.15) is 18.1 Å². The van der Waals surface area contributed by atoms with E-state index in [1.807, 2.05) is 0 Å². The Morgan fingerprint density at radius 3 is 2.65 bits per heavy atom. The van der Waals surface area contributed by atoms with E-state index >= 15 is 0 Å². The standard InChI is InChI=1S/C14H21NO4S/c1-20(17,18)13-4-2-12(3-5-13)14(16)9-15-8-11-6-7-19-10-11/h2-5,11,14-16H,6-10H2,1H3. The van der Waals surface area contributed by atoms with Gasteiger partial charge in [-0.25, -0.2) is 8.42 Å². The summed E-state index contributed by atoms with van der Waals surface area (Å²) in [6, 6.07) is 6.36. The molecule has 6 heteroatoms. The number of hydrogen-bond donors (Lipinski definition) is 2. The summed E-state index contributed by atoms with van der Waals surface area (Å²) in [5, 5.41) is 13.3. The minimum Gasteiger partial charge on any atom is -0.387 e. The topological polar surface area (TPSA) is 75.6 Å². The molecule has 0 aliphatic carbocycles. The van der Waals surface area contributed by atoms with Crippen molar-refractivity contribution in [1.82, 2.24) is 5.32 Å². The van der Waals surface area contributed by atoms with E-state index in [2.05, 4.69) is 5.32 Å². The van der Waals surface area contributed by atoms with Crippen LogP contribution >= 0.6 is 0 Å². The van der Waals surface area contributed by atoms with E-state index in [1.54, 1.807) is 12.1 Å². The van der Waals surface area contributed by atoms with Gasteiger partial charge in [0.25, 0.3) is 0 Å². The third kappa shape index (κ3) is 4.28.